The van der Waals surface area contributed by atoms with Crippen molar-refractivity contribution in [2.75, 3.05) is 5.75 Å². The Labute approximate surface area is 103 Å². The maximum Gasteiger partial charge on any atom is 0.218 e. The van der Waals surface area contributed by atoms with Gasteiger partial charge in [-0.3, -0.25) is 0 Å². The van der Waals surface area contributed by atoms with Crippen LogP contribution in [0.25, 0.3) is 0 Å². The molecule has 0 spiro atoms. The van der Waals surface area contributed by atoms with E-state index < -0.39 is 10.0 Å². The summed E-state index contributed by atoms with van der Waals surface area (Å²) in [7, 11) is -3.33. The van der Waals surface area contributed by atoms with Crippen LogP contribution in [0.4, 0.5) is 0 Å². The first-order valence-corrected chi connectivity index (χ1v) is 7.55. The second kappa shape index (κ2) is 4.98. The molecule has 1 saturated carbocycles. The van der Waals surface area contributed by atoms with Crippen LogP contribution in [0, 0.1) is 5.41 Å². The second-order valence-electron chi connectivity index (χ2n) is 5.28. The van der Waals surface area contributed by atoms with Crippen LogP contribution in [0.1, 0.15) is 39.5 Å². The maximum absolute atomic E-state index is 11.6. The SMILES string of the molecule is CC1(C)CCC(NS(=O)(=O)CC(N)=S)CC1. The largest absolute Gasteiger partial charge is 0.392 e. The molecule has 0 aromatic rings. The first-order chi connectivity index (χ1) is 7.20. The molecule has 0 aliphatic heterocycles. The van der Waals surface area contributed by atoms with Gasteiger partial charge in [-0.15, -0.1) is 0 Å². The monoisotopic (exact) mass is 264 g/mol. The molecular weight excluding hydrogens is 244 g/mol. The van der Waals surface area contributed by atoms with E-state index in [1.165, 1.54) is 0 Å². The molecule has 0 radical (unpaired) electrons. The van der Waals surface area contributed by atoms with E-state index in [0.29, 0.717) is 5.41 Å². The quantitative estimate of drug-likeness (QED) is 0.747. The summed E-state index contributed by atoms with van der Waals surface area (Å²) in [6.45, 7) is 4.43. The van der Waals surface area contributed by atoms with E-state index in [0.717, 1.165) is 25.7 Å². The number of thiocarbonyl (C=S) groups is 1. The van der Waals surface area contributed by atoms with E-state index in [2.05, 4.69) is 30.8 Å². The average molecular weight is 264 g/mol. The van der Waals surface area contributed by atoms with Gasteiger partial charge in [-0.2, -0.15) is 0 Å². The van der Waals surface area contributed by atoms with Gasteiger partial charge in [0.15, 0.2) is 0 Å². The molecule has 1 rings (SSSR count). The summed E-state index contributed by atoms with van der Waals surface area (Å²) in [5.41, 5.74) is 5.58. The van der Waals surface area contributed by atoms with Gasteiger partial charge in [-0.05, 0) is 31.1 Å². The van der Waals surface area contributed by atoms with Crippen molar-refractivity contribution in [1.29, 1.82) is 0 Å². The summed E-state index contributed by atoms with van der Waals surface area (Å²) in [5, 5.41) is 0. The highest BCUT2D eigenvalue weighted by molar-refractivity contribution is 7.92. The Morgan fingerprint density at radius 3 is 2.38 bits per heavy atom. The molecular formula is C10H20N2O2S2. The molecule has 0 aromatic heterocycles. The highest BCUT2D eigenvalue weighted by Crippen LogP contribution is 2.35. The van der Waals surface area contributed by atoms with Crippen molar-refractivity contribution in [1.82, 2.24) is 4.72 Å². The van der Waals surface area contributed by atoms with Crippen molar-refractivity contribution in [3.05, 3.63) is 0 Å². The van der Waals surface area contributed by atoms with Crippen molar-refractivity contribution >= 4 is 27.2 Å². The lowest BCUT2D eigenvalue weighted by Gasteiger charge is -2.34. The van der Waals surface area contributed by atoms with Gasteiger partial charge in [0.05, 0.1) is 4.99 Å². The van der Waals surface area contributed by atoms with Gasteiger partial charge in [0.25, 0.3) is 0 Å². The molecule has 3 N–H and O–H groups in total. The van der Waals surface area contributed by atoms with Crippen LogP contribution in [0.5, 0.6) is 0 Å². The van der Waals surface area contributed by atoms with Crippen molar-refractivity contribution in [2.24, 2.45) is 11.1 Å². The summed E-state index contributed by atoms with van der Waals surface area (Å²) in [5.74, 6) is -0.248. The van der Waals surface area contributed by atoms with Gasteiger partial charge in [-0.1, -0.05) is 26.1 Å². The summed E-state index contributed by atoms with van der Waals surface area (Å²) in [6, 6.07) is 0.0485. The lowest BCUT2D eigenvalue weighted by atomic mass is 9.76. The van der Waals surface area contributed by atoms with Crippen LogP contribution in [0.15, 0.2) is 0 Å². The molecule has 0 aromatic carbocycles. The predicted molar refractivity (Wildman–Crippen MR) is 69.7 cm³/mol. The minimum atomic E-state index is -3.33. The van der Waals surface area contributed by atoms with Crippen LogP contribution >= 0.6 is 12.2 Å². The topological polar surface area (TPSA) is 72.2 Å². The molecule has 0 saturated heterocycles. The number of hydrogen-bond acceptors (Lipinski definition) is 3. The Morgan fingerprint density at radius 1 is 1.44 bits per heavy atom. The highest BCUT2D eigenvalue weighted by atomic mass is 32.2. The van der Waals surface area contributed by atoms with E-state index in [9.17, 15) is 8.42 Å². The average Bonchev–Trinajstić information content (AvgIpc) is 2.06. The molecule has 0 heterocycles. The Balaban J connectivity index is 2.48. The third-order valence-corrected chi connectivity index (χ3v) is 4.73. The first kappa shape index (κ1) is 13.9. The van der Waals surface area contributed by atoms with E-state index in [1.54, 1.807) is 0 Å². The number of hydrogen-bond donors (Lipinski definition) is 2. The Hall–Kier alpha value is -0.200. The lowest BCUT2D eigenvalue weighted by molar-refractivity contribution is 0.218. The zero-order chi connectivity index (χ0) is 12.4. The molecule has 0 bridgehead atoms. The van der Waals surface area contributed by atoms with Crippen molar-refractivity contribution in [3.8, 4) is 0 Å². The van der Waals surface area contributed by atoms with E-state index in [1.807, 2.05) is 0 Å². The van der Waals surface area contributed by atoms with E-state index in [4.69, 9.17) is 5.73 Å². The van der Waals surface area contributed by atoms with Gasteiger partial charge in [0, 0.05) is 6.04 Å². The number of nitrogens with two attached hydrogens (primary N) is 1. The number of nitrogens with one attached hydrogen (secondary N) is 1. The molecule has 16 heavy (non-hydrogen) atoms. The molecule has 1 aliphatic rings. The van der Waals surface area contributed by atoms with Gasteiger partial charge >= 0.3 is 0 Å². The van der Waals surface area contributed by atoms with Crippen LogP contribution < -0.4 is 10.5 Å². The lowest BCUT2D eigenvalue weighted by Crippen LogP contribution is -2.42. The second-order valence-corrected chi connectivity index (χ2v) is 7.56. The van der Waals surface area contributed by atoms with Crippen LogP contribution in [-0.4, -0.2) is 25.2 Å². The van der Waals surface area contributed by atoms with Crippen molar-refractivity contribution < 1.29 is 8.42 Å². The molecule has 94 valence electrons. The highest BCUT2D eigenvalue weighted by Gasteiger charge is 2.29. The minimum Gasteiger partial charge on any atom is -0.392 e. The molecule has 0 unspecified atom stereocenters. The van der Waals surface area contributed by atoms with Crippen molar-refractivity contribution in [3.63, 3.8) is 0 Å². The molecule has 6 heteroatoms. The third-order valence-electron chi connectivity index (χ3n) is 3.02. The molecule has 0 amide bonds. The summed E-state index contributed by atoms with van der Waals surface area (Å²) in [4.78, 5) is 0.0173. The molecule has 0 atom stereocenters. The van der Waals surface area contributed by atoms with Gasteiger partial charge in [0.1, 0.15) is 5.75 Å². The fraction of sp³-hybridized carbons (Fsp3) is 0.900. The Kier molecular flexibility index (Phi) is 4.31. The first-order valence-electron chi connectivity index (χ1n) is 5.48. The summed E-state index contributed by atoms with van der Waals surface area (Å²) < 4.78 is 25.9. The fourth-order valence-corrected chi connectivity index (χ4v) is 3.67. The molecule has 1 fully saturated rings. The normalized spacial score (nSPS) is 21.9. The van der Waals surface area contributed by atoms with Crippen molar-refractivity contribution in [2.45, 2.75) is 45.6 Å². The Morgan fingerprint density at radius 2 is 1.94 bits per heavy atom. The van der Waals surface area contributed by atoms with E-state index >= 15 is 0 Å². The summed E-state index contributed by atoms with van der Waals surface area (Å²) in [6.07, 6.45) is 3.88. The fourth-order valence-electron chi connectivity index (χ4n) is 2.00. The number of rotatable bonds is 4. The van der Waals surface area contributed by atoms with Crippen LogP contribution in [0.3, 0.4) is 0 Å². The summed E-state index contributed by atoms with van der Waals surface area (Å²) >= 11 is 4.61. The zero-order valence-corrected chi connectivity index (χ0v) is 11.5. The molecule has 1 aliphatic carbocycles. The minimum absolute atomic E-state index is 0.0173. The zero-order valence-electron chi connectivity index (χ0n) is 9.82. The standard InChI is InChI=1S/C10H20N2O2S2/c1-10(2)5-3-8(4-6-10)12-16(13,14)7-9(11)15/h8,12H,3-7H2,1-2H3,(H2,11,15). The van der Waals surface area contributed by atoms with Gasteiger partial charge < -0.3 is 5.73 Å². The third kappa shape index (κ3) is 4.76. The Bertz CT molecular complexity index is 353. The smallest absolute Gasteiger partial charge is 0.218 e. The van der Waals surface area contributed by atoms with Crippen LogP contribution in [-0.2, 0) is 10.0 Å². The maximum atomic E-state index is 11.6. The van der Waals surface area contributed by atoms with Gasteiger partial charge in [-0.25, -0.2) is 13.1 Å². The number of sulfonamides is 1. The molecule has 4 nitrogen and oxygen atoms in total. The van der Waals surface area contributed by atoms with Crippen LogP contribution in [0.2, 0.25) is 0 Å². The van der Waals surface area contributed by atoms with Gasteiger partial charge in [0.2, 0.25) is 10.0 Å². The predicted octanol–water partition coefficient (Wildman–Crippen LogP) is 1.16. The van der Waals surface area contributed by atoms with E-state index in [-0.39, 0.29) is 16.8 Å².